The highest BCUT2D eigenvalue weighted by molar-refractivity contribution is 5.91. The number of nitrogens with zero attached hydrogens (tertiary/aromatic N) is 2. The molecule has 0 saturated carbocycles. The van der Waals surface area contributed by atoms with E-state index in [1.54, 1.807) is 36.4 Å². The Morgan fingerprint density at radius 2 is 1.61 bits per heavy atom. The molecule has 6 rings (SSSR count). The fraction of sp³-hybridized carbons (Fsp3) is 0.310. The van der Waals surface area contributed by atoms with Gasteiger partial charge in [-0.15, -0.1) is 12.4 Å². The van der Waals surface area contributed by atoms with Gasteiger partial charge in [0, 0.05) is 29.8 Å². The summed E-state index contributed by atoms with van der Waals surface area (Å²) in [5.41, 5.74) is 7.48. The van der Waals surface area contributed by atoms with Gasteiger partial charge in [-0.05, 0) is 72.5 Å². The average Bonchev–Trinajstić information content (AvgIpc) is 3.43. The highest BCUT2D eigenvalue weighted by Crippen LogP contribution is 2.42. The summed E-state index contributed by atoms with van der Waals surface area (Å²) in [5.74, 6) is -3.01. The van der Waals surface area contributed by atoms with Gasteiger partial charge in [0.15, 0.2) is 6.10 Å². The number of ether oxygens (including phenoxy) is 4. The maximum Gasteiger partial charge on any atom is 0.351 e. The van der Waals surface area contributed by atoms with E-state index in [1.807, 2.05) is 31.2 Å². The highest BCUT2D eigenvalue weighted by Gasteiger charge is 2.59. The fourth-order valence-electron chi connectivity index (χ4n) is 6.15. The first-order chi connectivity index (χ1) is 27.8. The molecule has 2 heterocycles. The zero-order valence-electron chi connectivity index (χ0n) is 32.1. The van der Waals surface area contributed by atoms with Gasteiger partial charge in [0.25, 0.3) is 0 Å². The molecule has 0 unspecified atom stereocenters. The number of aromatic carboxylic acids is 1. The Hall–Kier alpha value is -5.81. The lowest BCUT2D eigenvalue weighted by molar-refractivity contribution is -0.140. The van der Waals surface area contributed by atoms with Gasteiger partial charge in [-0.1, -0.05) is 50.6 Å². The van der Waals surface area contributed by atoms with Crippen molar-refractivity contribution in [3.05, 3.63) is 124 Å². The number of para-hydroxylation sites is 1. The minimum absolute atomic E-state index is 0. The number of phenols is 1. The molecule has 1 aromatic heterocycles. The minimum atomic E-state index is -3.71. The summed E-state index contributed by atoms with van der Waals surface area (Å²) < 4.78 is 64.1. The molecular weight excluding hydrogens is 799 g/mol. The van der Waals surface area contributed by atoms with Crippen LogP contribution in [0.4, 0.5) is 19.0 Å². The number of hydrogen-bond donors (Lipinski definition) is 5. The summed E-state index contributed by atoms with van der Waals surface area (Å²) in [6.45, 7) is 4.06. The van der Waals surface area contributed by atoms with Gasteiger partial charge in [-0.2, -0.15) is 13.8 Å². The Morgan fingerprint density at radius 1 is 0.949 bits per heavy atom. The van der Waals surface area contributed by atoms with Gasteiger partial charge < -0.3 is 45.1 Å². The van der Waals surface area contributed by atoms with Gasteiger partial charge in [-0.25, -0.2) is 14.0 Å². The number of anilines is 1. The molecule has 13 nitrogen and oxygen atoms in total. The maximum absolute atomic E-state index is 13.7. The Kier molecular flexibility index (Phi) is 16.1. The van der Waals surface area contributed by atoms with E-state index in [0.29, 0.717) is 59.9 Å². The molecule has 4 aromatic carbocycles. The number of aromatic hydroxyl groups is 1. The zero-order valence-corrected chi connectivity index (χ0v) is 32.9. The molecule has 316 valence electrons. The van der Waals surface area contributed by atoms with Gasteiger partial charge in [0.05, 0.1) is 19.8 Å². The van der Waals surface area contributed by atoms with E-state index in [2.05, 4.69) is 11.9 Å². The van der Waals surface area contributed by atoms with E-state index in [1.165, 1.54) is 18.2 Å². The first-order valence-electron chi connectivity index (χ1n) is 18.4. The number of carboxylic acid groups (broad SMARTS) is 1. The zero-order chi connectivity index (χ0) is 42.0. The molecule has 0 amide bonds. The summed E-state index contributed by atoms with van der Waals surface area (Å²) in [5, 5.41) is 38.2. The van der Waals surface area contributed by atoms with Crippen molar-refractivity contribution >= 4 is 24.2 Å². The van der Waals surface area contributed by atoms with Gasteiger partial charge in [0.1, 0.15) is 52.1 Å². The summed E-state index contributed by atoms with van der Waals surface area (Å²) in [4.78, 5) is 26.3. The van der Waals surface area contributed by atoms with Crippen molar-refractivity contribution in [1.29, 1.82) is 0 Å². The first kappa shape index (κ1) is 45.9. The highest BCUT2D eigenvalue weighted by atomic mass is 35.5. The van der Waals surface area contributed by atoms with Crippen LogP contribution in [0.1, 0.15) is 54.4 Å². The number of nitrogen functional groups attached to an aromatic ring is 1. The van der Waals surface area contributed by atoms with Crippen molar-refractivity contribution in [2.45, 2.75) is 63.9 Å². The molecule has 1 aliphatic heterocycles. The lowest BCUT2D eigenvalue weighted by atomic mass is 10.00. The number of nitrogens with two attached hydrogens (primary N) is 1. The Morgan fingerprint density at radius 3 is 2.24 bits per heavy atom. The normalized spacial score (nSPS) is 16.6. The minimum Gasteiger partial charge on any atom is -0.507 e. The molecule has 17 heteroatoms. The van der Waals surface area contributed by atoms with Crippen molar-refractivity contribution in [3.63, 3.8) is 0 Å². The second-order valence-electron chi connectivity index (χ2n) is 13.1. The van der Waals surface area contributed by atoms with Crippen LogP contribution in [-0.4, -0.2) is 73.9 Å². The summed E-state index contributed by atoms with van der Waals surface area (Å²) >= 11 is 0. The Bertz CT molecular complexity index is 2240. The quantitative estimate of drug-likeness (QED) is 0.0667. The van der Waals surface area contributed by atoms with E-state index in [0.717, 1.165) is 35.4 Å². The molecule has 0 bridgehead atoms. The topological polar surface area (TPSA) is 196 Å². The number of aryl methyl sites for hydroxylation is 1. The van der Waals surface area contributed by atoms with E-state index < -0.39 is 42.6 Å². The third kappa shape index (κ3) is 11.0. The number of aliphatic hydroxyl groups excluding tert-OH is 2. The maximum atomic E-state index is 13.7. The van der Waals surface area contributed by atoms with Crippen LogP contribution in [0.3, 0.4) is 0 Å². The van der Waals surface area contributed by atoms with Crippen molar-refractivity contribution in [2.24, 2.45) is 0 Å². The van der Waals surface area contributed by atoms with Gasteiger partial charge in [-0.3, -0.25) is 4.57 Å². The molecular formula is C42H45ClF3N3O10. The van der Waals surface area contributed by atoms with Crippen LogP contribution in [0, 0.1) is 5.82 Å². The number of halogens is 4. The van der Waals surface area contributed by atoms with Crippen molar-refractivity contribution in [1.82, 2.24) is 9.55 Å². The van der Waals surface area contributed by atoms with Crippen molar-refractivity contribution < 1.29 is 57.3 Å². The number of carbonyl (C=O) groups is 1. The molecule has 5 aromatic rings. The number of alkyl halides is 2. The Balaban J connectivity index is 0.000000338. The predicted molar refractivity (Wildman–Crippen MR) is 215 cm³/mol. The molecule has 3 atom stereocenters. The van der Waals surface area contributed by atoms with Gasteiger partial charge in [0.2, 0.25) is 6.23 Å². The average molecular weight is 844 g/mol. The summed E-state index contributed by atoms with van der Waals surface area (Å²) in [6, 6.07) is 22.7. The van der Waals surface area contributed by atoms with Crippen molar-refractivity contribution in [2.75, 3.05) is 25.6 Å². The van der Waals surface area contributed by atoms with E-state index in [4.69, 9.17) is 29.8 Å². The first-order valence-corrected chi connectivity index (χ1v) is 18.4. The lowest BCUT2D eigenvalue weighted by Crippen LogP contribution is -2.41. The van der Waals surface area contributed by atoms with Crippen molar-refractivity contribution in [3.8, 4) is 39.9 Å². The molecule has 1 saturated heterocycles. The largest absolute Gasteiger partial charge is 0.507 e. The molecule has 0 radical (unpaired) electrons. The summed E-state index contributed by atoms with van der Waals surface area (Å²) in [7, 11) is 0. The van der Waals surface area contributed by atoms with Crippen LogP contribution in [0.25, 0.3) is 11.1 Å². The van der Waals surface area contributed by atoms with Crippen LogP contribution < -0.4 is 25.6 Å². The van der Waals surface area contributed by atoms with Crippen LogP contribution in [0.15, 0.2) is 95.9 Å². The van der Waals surface area contributed by atoms with Crippen LogP contribution in [0.2, 0.25) is 0 Å². The molecule has 0 aliphatic carbocycles. The third-order valence-corrected chi connectivity index (χ3v) is 9.11. The second kappa shape index (κ2) is 20.7. The Labute approximate surface area is 343 Å². The van der Waals surface area contributed by atoms with E-state index in [-0.39, 0.29) is 41.1 Å². The van der Waals surface area contributed by atoms with E-state index >= 15 is 0 Å². The number of aromatic nitrogens is 2. The molecule has 59 heavy (non-hydrogen) atoms. The fourth-order valence-corrected chi connectivity index (χ4v) is 6.15. The molecule has 6 N–H and O–H groups in total. The number of phenolic OH excluding ortho intramolecular Hbond substituents is 1. The number of carboxylic acids is 1. The number of hydrogen-bond acceptors (Lipinski definition) is 11. The van der Waals surface area contributed by atoms with Crippen LogP contribution >= 0.6 is 12.4 Å². The standard InChI is InChI=1S/C33H33FO6.C9H11F2N3O4.ClH/c1-3-9-25-29(12-7-13-30(25)40-31-11-6-5-10-26(31)33(36)37)38-18-8-19-39-32-21-28(35)27(20-22(32)4-2)23-14-16-24(34)17-15-23;10-9(11)6(16)4(3-15)18-7(9)14-2-1-5(12)13-8(14)17;/h5-7,10-17,20-21,35H,3-4,8-9,18-19H2,1-2H3,(H,36,37);1-2,4,6-7,15-16H,3H2,(H2,12,13,17);1H/t;4-,6-,7-;/m.1./s1. The SMILES string of the molecule is CCCc1c(OCCCOc2cc(O)c(-c3ccc(F)cc3)cc2CC)cccc1Oc1ccccc1C(=O)O.Cl.Nc1ccn([C@@H]2O[C@H](CO)[C@@H](O)C2(F)F)c(=O)n1. The predicted octanol–water partition coefficient (Wildman–Crippen LogP) is 7.18. The number of aliphatic hydroxyl groups is 2. The number of rotatable bonds is 15. The summed E-state index contributed by atoms with van der Waals surface area (Å²) in [6.07, 6.45) is -1.82. The van der Waals surface area contributed by atoms with Gasteiger partial charge >= 0.3 is 17.6 Å². The van der Waals surface area contributed by atoms with Crippen LogP contribution in [0.5, 0.6) is 28.7 Å². The number of benzene rings is 4. The molecule has 1 fully saturated rings. The smallest absolute Gasteiger partial charge is 0.351 e. The lowest BCUT2D eigenvalue weighted by Gasteiger charge is -2.20. The second-order valence-corrected chi connectivity index (χ2v) is 13.1. The monoisotopic (exact) mass is 843 g/mol. The molecule has 0 spiro atoms. The van der Waals surface area contributed by atoms with E-state index in [9.17, 15) is 38.1 Å². The van der Waals surface area contributed by atoms with Crippen LogP contribution in [-0.2, 0) is 17.6 Å². The third-order valence-electron chi connectivity index (χ3n) is 9.11. The molecule has 1 aliphatic rings.